The van der Waals surface area contributed by atoms with Crippen LogP contribution in [0, 0.1) is 0 Å². The first-order valence-electron chi connectivity index (χ1n) is 25.9. The molecule has 0 N–H and O–H groups in total. The lowest BCUT2D eigenvalue weighted by molar-refractivity contribution is 0.590. The Hall–Kier alpha value is -8.34. The minimum atomic E-state index is -0.556. The second-order valence-electron chi connectivity index (χ2n) is 22.1. The molecule has 0 radical (unpaired) electrons. The van der Waals surface area contributed by atoms with Crippen molar-refractivity contribution in [1.82, 2.24) is 0 Å². The predicted molar refractivity (Wildman–Crippen MR) is 310 cm³/mol. The van der Waals surface area contributed by atoms with Gasteiger partial charge < -0.3 is 14.7 Å². The van der Waals surface area contributed by atoms with Gasteiger partial charge >= 0.3 is 0 Å². The van der Waals surface area contributed by atoms with Crippen molar-refractivity contribution in [3.63, 3.8) is 0 Å². The van der Waals surface area contributed by atoms with E-state index >= 15 is 0 Å². The van der Waals surface area contributed by atoms with E-state index in [1.807, 2.05) is 0 Å². The summed E-state index contributed by atoms with van der Waals surface area (Å²) in [7, 11) is 0. The Morgan fingerprint density at radius 3 is 1.48 bits per heavy atom. The van der Waals surface area contributed by atoms with Crippen LogP contribution in [0.4, 0.5) is 51.2 Å². The second-order valence-corrected chi connectivity index (χ2v) is 22.1. The highest BCUT2D eigenvalue weighted by atomic mass is 15.2. The molecule has 0 fully saturated rings. The maximum absolute atomic E-state index is 2.59. The molecule has 2 heterocycles. The van der Waals surface area contributed by atoms with Gasteiger partial charge in [0, 0.05) is 51.2 Å². The average molecular weight is 940 g/mol. The molecule has 10 aromatic carbocycles. The molecule has 3 aliphatic rings. The van der Waals surface area contributed by atoms with Crippen LogP contribution in [0.3, 0.4) is 0 Å². The van der Waals surface area contributed by atoms with Crippen LogP contribution in [0.15, 0.2) is 243 Å². The van der Waals surface area contributed by atoms with Gasteiger partial charge in [0.05, 0.1) is 5.41 Å². The molecule has 2 aliphatic heterocycles. The first-order valence-corrected chi connectivity index (χ1v) is 25.9. The fourth-order valence-electron chi connectivity index (χ4n) is 12.4. The number of fused-ring (bicyclic) bond motifs is 7. The normalized spacial score (nSPS) is 13.9. The molecule has 3 nitrogen and oxygen atoms in total. The van der Waals surface area contributed by atoms with Crippen molar-refractivity contribution in [3.8, 4) is 11.1 Å². The minimum absolute atomic E-state index is 0.0342. The molecule has 4 heteroatoms. The van der Waals surface area contributed by atoms with E-state index < -0.39 is 5.41 Å². The Morgan fingerprint density at radius 2 is 0.877 bits per heavy atom. The molecule has 0 spiro atoms. The molecule has 0 aromatic heterocycles. The molecular weight excluding hydrogens is 882 g/mol. The third-order valence-electron chi connectivity index (χ3n) is 15.8. The molecule has 13 rings (SSSR count). The number of hydrogen-bond acceptors (Lipinski definition) is 3. The summed E-state index contributed by atoms with van der Waals surface area (Å²) in [6.07, 6.45) is 0. The van der Waals surface area contributed by atoms with Crippen LogP contribution >= 0.6 is 0 Å². The summed E-state index contributed by atoms with van der Waals surface area (Å²) < 4.78 is 0. The fourth-order valence-corrected chi connectivity index (χ4v) is 12.4. The van der Waals surface area contributed by atoms with Crippen LogP contribution in [0.1, 0.15) is 74.9 Å². The first kappa shape index (κ1) is 44.6. The maximum Gasteiger partial charge on any atom is 0.252 e. The van der Waals surface area contributed by atoms with Gasteiger partial charge in [-0.25, -0.2) is 0 Å². The topological polar surface area (TPSA) is 9.72 Å². The summed E-state index contributed by atoms with van der Waals surface area (Å²) >= 11 is 0. The summed E-state index contributed by atoms with van der Waals surface area (Å²) in [6.45, 7) is 13.8. The monoisotopic (exact) mass is 939 g/mol. The average Bonchev–Trinajstić information content (AvgIpc) is 3.72. The lowest BCUT2D eigenvalue weighted by Gasteiger charge is -2.45. The lowest BCUT2D eigenvalue weighted by atomic mass is 9.33. The highest BCUT2D eigenvalue weighted by molar-refractivity contribution is 7.00. The van der Waals surface area contributed by atoms with Gasteiger partial charge in [-0.05, 0) is 151 Å². The van der Waals surface area contributed by atoms with E-state index in [2.05, 4.69) is 299 Å². The Kier molecular flexibility index (Phi) is 10.3. The van der Waals surface area contributed by atoms with Gasteiger partial charge in [-0.1, -0.05) is 205 Å². The standard InChI is InChI=1S/C69H58BN3/c1-67(2,3)47-34-37-53(38-35-47)72-62-43-36-50(68(4,5)6)44-61(62)70-60-42-40-55(71(51-26-15-9-16-27-51)52-28-17-10-18-29-52)46-65(60)73(64-33-21-32-63(72)66(64)70)54-39-41-57-56-30-19-20-31-58(56)69(59(57)45-54,48-22-11-7-12-23-48)49-24-13-8-14-25-49/h7-46H,1-6H3. The molecule has 73 heavy (non-hydrogen) atoms. The molecule has 0 unspecified atom stereocenters. The third-order valence-corrected chi connectivity index (χ3v) is 15.8. The zero-order valence-corrected chi connectivity index (χ0v) is 42.5. The zero-order valence-electron chi connectivity index (χ0n) is 42.5. The molecule has 1 aliphatic carbocycles. The number of hydrogen-bond donors (Lipinski definition) is 0. The van der Waals surface area contributed by atoms with E-state index in [1.54, 1.807) is 0 Å². The summed E-state index contributed by atoms with van der Waals surface area (Å²) in [6, 6.07) is 91.1. The van der Waals surface area contributed by atoms with E-state index in [1.165, 1.54) is 83.6 Å². The number of nitrogens with zero attached hydrogens (tertiary/aromatic N) is 3. The Balaban J connectivity index is 1.11. The van der Waals surface area contributed by atoms with Crippen molar-refractivity contribution in [2.24, 2.45) is 0 Å². The summed E-state index contributed by atoms with van der Waals surface area (Å²) in [4.78, 5) is 7.52. The Morgan fingerprint density at radius 1 is 0.356 bits per heavy atom. The van der Waals surface area contributed by atoms with Crippen molar-refractivity contribution in [2.45, 2.75) is 57.8 Å². The fraction of sp³-hybridized carbons (Fsp3) is 0.130. The molecule has 352 valence electrons. The molecule has 0 saturated carbocycles. The summed E-state index contributed by atoms with van der Waals surface area (Å²) in [5.74, 6) is 0. The van der Waals surface area contributed by atoms with Crippen LogP contribution in [0.25, 0.3) is 11.1 Å². The van der Waals surface area contributed by atoms with Crippen LogP contribution in [-0.2, 0) is 16.2 Å². The smallest absolute Gasteiger partial charge is 0.252 e. The molecule has 0 saturated heterocycles. The highest BCUT2D eigenvalue weighted by Crippen LogP contribution is 2.58. The van der Waals surface area contributed by atoms with Crippen molar-refractivity contribution in [3.05, 3.63) is 276 Å². The quantitative estimate of drug-likeness (QED) is 0.147. The largest absolute Gasteiger partial charge is 0.311 e. The van der Waals surface area contributed by atoms with Gasteiger partial charge in [0.2, 0.25) is 0 Å². The molecule has 10 aromatic rings. The van der Waals surface area contributed by atoms with Gasteiger partial charge in [0.15, 0.2) is 0 Å². The molecular formula is C69H58BN3. The van der Waals surface area contributed by atoms with Crippen LogP contribution in [0.5, 0.6) is 0 Å². The number of benzene rings is 10. The third kappa shape index (κ3) is 7.02. The SMILES string of the molecule is CC(C)(C)c1ccc(N2c3ccc(C(C)(C)C)cc3B3c4ccc(N(c5ccccc5)c5ccccc5)cc4N(c4ccc5c(c4)C(c4ccccc4)(c4ccccc4)c4ccccc4-5)c4cccc2c43)cc1. The van der Waals surface area contributed by atoms with Crippen molar-refractivity contribution in [1.29, 1.82) is 0 Å². The highest BCUT2D eigenvalue weighted by Gasteiger charge is 2.48. The van der Waals surface area contributed by atoms with Crippen LogP contribution in [0.2, 0.25) is 0 Å². The summed E-state index contributed by atoms with van der Waals surface area (Å²) in [5.41, 5.74) is 24.0. The van der Waals surface area contributed by atoms with Crippen molar-refractivity contribution < 1.29 is 0 Å². The van der Waals surface area contributed by atoms with Gasteiger partial charge in [-0.2, -0.15) is 0 Å². The zero-order chi connectivity index (χ0) is 49.6. The number of rotatable bonds is 7. The van der Waals surface area contributed by atoms with Gasteiger partial charge in [0.1, 0.15) is 0 Å². The van der Waals surface area contributed by atoms with E-state index in [0.29, 0.717) is 0 Å². The Bertz CT molecular complexity index is 3630. The van der Waals surface area contributed by atoms with Gasteiger partial charge in [-0.15, -0.1) is 0 Å². The molecule has 0 atom stereocenters. The van der Waals surface area contributed by atoms with E-state index in [9.17, 15) is 0 Å². The van der Waals surface area contributed by atoms with E-state index in [-0.39, 0.29) is 17.5 Å². The second kappa shape index (κ2) is 16.9. The summed E-state index contributed by atoms with van der Waals surface area (Å²) in [5, 5.41) is 0. The van der Waals surface area contributed by atoms with Crippen molar-refractivity contribution in [2.75, 3.05) is 14.7 Å². The minimum Gasteiger partial charge on any atom is -0.311 e. The predicted octanol–water partition coefficient (Wildman–Crippen LogP) is 16.2. The maximum atomic E-state index is 2.59. The van der Waals surface area contributed by atoms with Crippen LogP contribution < -0.4 is 31.1 Å². The number of anilines is 9. The van der Waals surface area contributed by atoms with E-state index in [4.69, 9.17) is 0 Å². The molecule has 0 amide bonds. The van der Waals surface area contributed by atoms with E-state index in [0.717, 1.165) is 28.4 Å². The van der Waals surface area contributed by atoms with Gasteiger partial charge in [0.25, 0.3) is 6.71 Å². The van der Waals surface area contributed by atoms with Crippen LogP contribution in [-0.4, -0.2) is 6.71 Å². The van der Waals surface area contributed by atoms with Gasteiger partial charge in [-0.3, -0.25) is 0 Å². The van der Waals surface area contributed by atoms with Crippen molar-refractivity contribution >= 4 is 74.3 Å². The lowest BCUT2D eigenvalue weighted by Crippen LogP contribution is -2.61. The molecule has 0 bridgehead atoms. The first-order chi connectivity index (χ1) is 35.5. The number of para-hydroxylation sites is 2. The Labute approximate surface area is 431 Å².